The van der Waals surface area contributed by atoms with Crippen LogP contribution >= 0.6 is 0 Å². The zero-order chi connectivity index (χ0) is 18.8. The van der Waals surface area contributed by atoms with E-state index in [0.717, 1.165) is 50.7 Å². The van der Waals surface area contributed by atoms with Crippen LogP contribution in [0, 0.1) is 11.8 Å². The largest absolute Gasteiger partial charge is 0.482 e. The number of hydrogen-bond acceptors (Lipinski definition) is 5. The Bertz CT molecular complexity index is 673. The number of rotatable bonds is 7. The third kappa shape index (κ3) is 3.99. The fourth-order valence-corrected chi connectivity index (χ4v) is 4.98. The molecule has 5 atom stereocenters. The lowest BCUT2D eigenvalue weighted by Crippen LogP contribution is -2.37. The Hall–Kier alpha value is -1.59. The van der Waals surface area contributed by atoms with Gasteiger partial charge < -0.3 is 19.3 Å². The first-order valence-corrected chi connectivity index (χ1v) is 10.4. The predicted molar refractivity (Wildman–Crippen MR) is 101 cm³/mol. The number of carbonyl (C=O) groups excluding carboxylic acids is 1. The minimum Gasteiger partial charge on any atom is -0.482 e. The molecule has 0 aromatic heterocycles. The molecular weight excluding hydrogens is 344 g/mol. The Balaban J connectivity index is 1.50. The van der Waals surface area contributed by atoms with Crippen LogP contribution in [-0.4, -0.2) is 42.6 Å². The van der Waals surface area contributed by atoms with Gasteiger partial charge in [0, 0.05) is 0 Å². The van der Waals surface area contributed by atoms with Crippen LogP contribution in [0.5, 0.6) is 5.75 Å². The molecule has 2 aliphatic carbocycles. The van der Waals surface area contributed by atoms with E-state index in [4.69, 9.17) is 14.2 Å². The number of carbonyl (C=O) groups is 1. The predicted octanol–water partition coefficient (Wildman–Crippen LogP) is 3.05. The van der Waals surface area contributed by atoms with Crippen LogP contribution in [-0.2, 0) is 27.1 Å². The van der Waals surface area contributed by atoms with Gasteiger partial charge in [0.1, 0.15) is 11.9 Å². The van der Waals surface area contributed by atoms with E-state index in [1.165, 1.54) is 11.1 Å². The van der Waals surface area contributed by atoms with Gasteiger partial charge in [-0.1, -0.05) is 38.3 Å². The second kappa shape index (κ2) is 8.19. The summed E-state index contributed by atoms with van der Waals surface area (Å²) >= 11 is 0. The van der Waals surface area contributed by atoms with Crippen molar-refractivity contribution < 1.29 is 24.1 Å². The van der Waals surface area contributed by atoms with E-state index >= 15 is 0 Å². The molecule has 3 bridgehead atoms. The fourth-order valence-electron chi connectivity index (χ4n) is 4.98. The molecule has 1 saturated carbocycles. The van der Waals surface area contributed by atoms with Gasteiger partial charge in [-0.2, -0.15) is 0 Å². The molecule has 4 rings (SSSR count). The van der Waals surface area contributed by atoms with Crippen LogP contribution in [0.4, 0.5) is 0 Å². The van der Waals surface area contributed by atoms with Crippen molar-refractivity contribution in [3.05, 3.63) is 29.3 Å². The van der Waals surface area contributed by atoms with E-state index in [1.807, 2.05) is 12.1 Å². The summed E-state index contributed by atoms with van der Waals surface area (Å²) in [7, 11) is 0. The molecule has 1 aliphatic heterocycles. The molecule has 1 unspecified atom stereocenters. The van der Waals surface area contributed by atoms with Crippen molar-refractivity contribution in [3.63, 3.8) is 0 Å². The first-order chi connectivity index (χ1) is 13.2. The van der Waals surface area contributed by atoms with E-state index in [-0.39, 0.29) is 24.8 Å². The maximum atomic E-state index is 12.2. The van der Waals surface area contributed by atoms with Crippen LogP contribution < -0.4 is 4.74 Å². The number of esters is 1. The Kier molecular flexibility index (Phi) is 5.69. The topological polar surface area (TPSA) is 65.0 Å². The number of aliphatic hydroxyl groups is 1. The molecule has 148 valence electrons. The molecule has 0 radical (unpaired) electrons. The Morgan fingerprint density at radius 1 is 1.30 bits per heavy atom. The third-order valence-corrected chi connectivity index (χ3v) is 6.33. The zero-order valence-corrected chi connectivity index (χ0v) is 16.1. The van der Waals surface area contributed by atoms with Crippen LogP contribution in [0.15, 0.2) is 18.2 Å². The normalized spacial score (nSPS) is 29.9. The average molecular weight is 374 g/mol. The summed E-state index contributed by atoms with van der Waals surface area (Å²) in [5.74, 6) is 1.24. The highest BCUT2D eigenvalue weighted by Crippen LogP contribution is 2.46. The molecule has 0 spiro atoms. The highest BCUT2D eigenvalue weighted by Gasteiger charge is 2.49. The zero-order valence-electron chi connectivity index (χ0n) is 16.1. The smallest absolute Gasteiger partial charge is 0.344 e. The summed E-state index contributed by atoms with van der Waals surface area (Å²) in [5, 5.41) is 10.3. The number of hydrogen-bond donors (Lipinski definition) is 1. The van der Waals surface area contributed by atoms with Gasteiger partial charge in [-0.3, -0.25) is 0 Å². The minimum atomic E-state index is -0.451. The lowest BCUT2D eigenvalue weighted by molar-refractivity contribution is -0.160. The van der Waals surface area contributed by atoms with Crippen molar-refractivity contribution in [2.75, 3.05) is 13.2 Å². The molecule has 1 N–H and O–H groups in total. The van der Waals surface area contributed by atoms with E-state index in [0.29, 0.717) is 18.4 Å². The van der Waals surface area contributed by atoms with Crippen molar-refractivity contribution in [1.29, 1.82) is 0 Å². The number of aliphatic hydroxyl groups excluding tert-OH is 1. The fraction of sp³-hybridized carbons (Fsp3) is 0.682. The summed E-state index contributed by atoms with van der Waals surface area (Å²) in [6, 6.07) is 6.10. The summed E-state index contributed by atoms with van der Waals surface area (Å²) in [6.45, 7) is 2.41. The standard InChI is InChI=1S/C22H30O5/c1-2-3-4-7-16(23)12-26-22-18-9-14-6-5-8-19-17(14)10-15(18)11-20(22)27-21(24)13-25-19/h5-6,8,15-16,18,20,22-23H,2-4,7,9-13H2,1H3/t15-,16-,18?,20+,22+/m0/s1. The molecule has 0 saturated heterocycles. The SMILES string of the molecule is CCCCC[C@H](O)CO[C@@H]1C2Cc3cccc4c3C[C@H]2C[C@H]1OC(=O)CO4. The van der Waals surface area contributed by atoms with Crippen LogP contribution in [0.2, 0.25) is 0 Å². The first-order valence-electron chi connectivity index (χ1n) is 10.4. The summed E-state index contributed by atoms with van der Waals surface area (Å²) in [6.07, 6.45) is 5.92. The number of ether oxygens (including phenoxy) is 3. The molecule has 3 aliphatic rings. The van der Waals surface area contributed by atoms with Crippen molar-refractivity contribution >= 4 is 5.97 Å². The number of benzene rings is 1. The van der Waals surface area contributed by atoms with Crippen molar-refractivity contribution in [2.45, 2.75) is 70.2 Å². The maximum Gasteiger partial charge on any atom is 0.344 e. The van der Waals surface area contributed by atoms with Crippen LogP contribution in [0.25, 0.3) is 0 Å². The number of unbranched alkanes of at least 4 members (excludes halogenated alkanes) is 2. The van der Waals surface area contributed by atoms with Gasteiger partial charge in [0.2, 0.25) is 0 Å². The molecule has 1 heterocycles. The van der Waals surface area contributed by atoms with Crippen molar-refractivity contribution in [2.24, 2.45) is 11.8 Å². The second-order valence-corrected chi connectivity index (χ2v) is 8.23. The lowest BCUT2D eigenvalue weighted by atomic mass is 9.77. The Morgan fingerprint density at radius 2 is 2.19 bits per heavy atom. The monoisotopic (exact) mass is 374 g/mol. The second-order valence-electron chi connectivity index (χ2n) is 8.23. The van der Waals surface area contributed by atoms with Crippen molar-refractivity contribution in [1.82, 2.24) is 0 Å². The van der Waals surface area contributed by atoms with E-state index in [9.17, 15) is 9.90 Å². The van der Waals surface area contributed by atoms with E-state index in [1.54, 1.807) is 0 Å². The van der Waals surface area contributed by atoms with Crippen LogP contribution in [0.3, 0.4) is 0 Å². The number of fused-ring (bicyclic) bond motifs is 1. The molecule has 5 heteroatoms. The minimum absolute atomic E-state index is 0.0609. The van der Waals surface area contributed by atoms with Gasteiger partial charge in [-0.05, 0) is 54.7 Å². The van der Waals surface area contributed by atoms with E-state index in [2.05, 4.69) is 13.0 Å². The van der Waals surface area contributed by atoms with Crippen LogP contribution in [0.1, 0.15) is 50.2 Å². The first kappa shape index (κ1) is 18.8. The quantitative estimate of drug-likeness (QED) is 0.587. The average Bonchev–Trinajstić information content (AvgIpc) is 2.98. The molecule has 1 aromatic rings. The third-order valence-electron chi connectivity index (χ3n) is 6.33. The molecule has 0 amide bonds. The summed E-state index contributed by atoms with van der Waals surface area (Å²) in [4.78, 5) is 12.2. The van der Waals surface area contributed by atoms with Gasteiger partial charge in [0.05, 0.1) is 18.8 Å². The van der Waals surface area contributed by atoms with Gasteiger partial charge in [-0.15, -0.1) is 0 Å². The Labute approximate surface area is 161 Å². The molecule has 27 heavy (non-hydrogen) atoms. The maximum absolute atomic E-state index is 12.2. The molecular formula is C22H30O5. The highest BCUT2D eigenvalue weighted by molar-refractivity contribution is 5.71. The molecule has 1 fully saturated rings. The highest BCUT2D eigenvalue weighted by atomic mass is 16.6. The van der Waals surface area contributed by atoms with Gasteiger partial charge in [0.15, 0.2) is 6.61 Å². The molecule has 1 aromatic carbocycles. The summed E-state index contributed by atoms with van der Waals surface area (Å²) < 4.78 is 17.6. The summed E-state index contributed by atoms with van der Waals surface area (Å²) in [5.41, 5.74) is 2.54. The van der Waals surface area contributed by atoms with Crippen molar-refractivity contribution in [3.8, 4) is 5.75 Å². The lowest BCUT2D eigenvalue weighted by Gasteiger charge is -2.32. The Morgan fingerprint density at radius 3 is 3.04 bits per heavy atom. The van der Waals surface area contributed by atoms with Gasteiger partial charge in [0.25, 0.3) is 0 Å². The van der Waals surface area contributed by atoms with E-state index < -0.39 is 6.10 Å². The van der Waals surface area contributed by atoms with Gasteiger partial charge in [-0.25, -0.2) is 4.79 Å². The molecule has 5 nitrogen and oxygen atoms in total. The van der Waals surface area contributed by atoms with Gasteiger partial charge >= 0.3 is 5.97 Å².